The van der Waals surface area contributed by atoms with Gasteiger partial charge in [0.1, 0.15) is 18.2 Å². The molecular formula is C27H29N3O2. The highest BCUT2D eigenvalue weighted by Crippen LogP contribution is 2.23. The molecule has 0 saturated carbocycles. The van der Waals surface area contributed by atoms with Crippen molar-refractivity contribution >= 4 is 16.9 Å². The van der Waals surface area contributed by atoms with E-state index in [1.165, 1.54) is 5.56 Å². The number of imidazole rings is 1. The molecule has 5 heteroatoms. The average molecular weight is 428 g/mol. The fourth-order valence-electron chi connectivity index (χ4n) is 3.94. The summed E-state index contributed by atoms with van der Waals surface area (Å²) in [7, 11) is 0. The quantitative estimate of drug-likeness (QED) is 0.410. The minimum atomic E-state index is 0.0271. The van der Waals surface area contributed by atoms with E-state index in [-0.39, 0.29) is 5.91 Å². The second-order valence-corrected chi connectivity index (χ2v) is 8.00. The molecule has 1 aromatic heterocycles. The number of carbonyl (C=O) groups excluding carboxylic acids is 1. The number of benzene rings is 3. The highest BCUT2D eigenvalue weighted by Gasteiger charge is 2.12. The lowest BCUT2D eigenvalue weighted by atomic mass is 10.1. The van der Waals surface area contributed by atoms with Crippen LogP contribution in [0.3, 0.4) is 0 Å². The van der Waals surface area contributed by atoms with Gasteiger partial charge in [-0.25, -0.2) is 4.98 Å². The number of hydrogen-bond donors (Lipinski definition) is 1. The number of fused-ring (bicyclic) bond motifs is 1. The van der Waals surface area contributed by atoms with Gasteiger partial charge >= 0.3 is 0 Å². The number of aromatic nitrogens is 2. The van der Waals surface area contributed by atoms with Crippen LogP contribution in [0.15, 0.2) is 72.8 Å². The molecule has 0 unspecified atom stereocenters. The highest BCUT2D eigenvalue weighted by molar-refractivity contribution is 5.77. The molecule has 1 amide bonds. The number of aryl methyl sites for hydroxylation is 3. The highest BCUT2D eigenvalue weighted by atomic mass is 16.5. The summed E-state index contributed by atoms with van der Waals surface area (Å²) in [5, 5.41) is 3.03. The van der Waals surface area contributed by atoms with E-state index in [0.717, 1.165) is 40.2 Å². The summed E-state index contributed by atoms with van der Waals surface area (Å²) in [4.78, 5) is 17.2. The Kier molecular flexibility index (Phi) is 6.85. The Balaban J connectivity index is 1.41. The normalized spacial score (nSPS) is 10.9. The fourth-order valence-corrected chi connectivity index (χ4v) is 3.94. The molecule has 0 atom stereocenters. The van der Waals surface area contributed by atoms with Crippen molar-refractivity contribution in [2.24, 2.45) is 0 Å². The number of hydrogen-bond acceptors (Lipinski definition) is 3. The van der Waals surface area contributed by atoms with Gasteiger partial charge < -0.3 is 14.6 Å². The number of carbonyl (C=O) groups is 1. The van der Waals surface area contributed by atoms with Gasteiger partial charge in [-0.2, -0.15) is 0 Å². The summed E-state index contributed by atoms with van der Waals surface area (Å²) < 4.78 is 8.26. The number of ether oxygens (including phenoxy) is 1. The molecule has 1 N–H and O–H groups in total. The molecule has 0 bridgehead atoms. The van der Waals surface area contributed by atoms with E-state index in [1.54, 1.807) is 0 Å². The number of amides is 1. The summed E-state index contributed by atoms with van der Waals surface area (Å²) in [6, 6.07) is 24.3. The Labute approximate surface area is 189 Å². The largest absolute Gasteiger partial charge is 0.491 e. The number of nitrogens with one attached hydrogen (secondary N) is 1. The van der Waals surface area contributed by atoms with E-state index in [1.807, 2.05) is 54.6 Å². The molecule has 4 aromatic rings. The smallest absolute Gasteiger partial charge is 0.220 e. The van der Waals surface area contributed by atoms with E-state index >= 15 is 0 Å². The Bertz CT molecular complexity index is 1180. The monoisotopic (exact) mass is 427 g/mol. The van der Waals surface area contributed by atoms with E-state index in [9.17, 15) is 4.79 Å². The van der Waals surface area contributed by atoms with Crippen molar-refractivity contribution in [2.75, 3.05) is 6.61 Å². The van der Waals surface area contributed by atoms with Crippen LogP contribution in [0.4, 0.5) is 0 Å². The third kappa shape index (κ3) is 5.17. The van der Waals surface area contributed by atoms with Crippen LogP contribution in [0.5, 0.6) is 5.75 Å². The van der Waals surface area contributed by atoms with Crippen molar-refractivity contribution in [3.63, 3.8) is 0 Å². The van der Waals surface area contributed by atoms with Crippen molar-refractivity contribution < 1.29 is 9.53 Å². The summed E-state index contributed by atoms with van der Waals surface area (Å²) in [6.45, 7) is 5.70. The first-order valence-corrected chi connectivity index (χ1v) is 11.1. The van der Waals surface area contributed by atoms with E-state index in [2.05, 4.69) is 41.9 Å². The third-order valence-corrected chi connectivity index (χ3v) is 5.63. The van der Waals surface area contributed by atoms with Gasteiger partial charge in [0.2, 0.25) is 5.91 Å². The van der Waals surface area contributed by atoms with Crippen molar-refractivity contribution in [2.45, 2.75) is 39.8 Å². The van der Waals surface area contributed by atoms with Crippen LogP contribution >= 0.6 is 0 Å². The van der Waals surface area contributed by atoms with Crippen molar-refractivity contribution in [1.82, 2.24) is 14.9 Å². The van der Waals surface area contributed by atoms with Crippen molar-refractivity contribution in [3.05, 3.63) is 95.3 Å². The number of para-hydroxylation sites is 3. The Morgan fingerprint density at radius 2 is 1.66 bits per heavy atom. The summed E-state index contributed by atoms with van der Waals surface area (Å²) >= 11 is 0. The Hall–Kier alpha value is -3.60. The van der Waals surface area contributed by atoms with E-state index < -0.39 is 0 Å². The molecule has 0 radical (unpaired) electrons. The SMILES string of the molecule is Cc1cccc(C)c1OCCn1c(CNC(=O)CCc2ccccc2)nc2ccccc21. The molecule has 32 heavy (non-hydrogen) atoms. The first-order valence-electron chi connectivity index (χ1n) is 11.1. The second-order valence-electron chi connectivity index (χ2n) is 8.00. The standard InChI is InChI=1S/C27H29N3O2/c1-20-9-8-10-21(2)27(20)32-18-17-30-24-14-7-6-13-23(24)29-25(30)19-28-26(31)16-15-22-11-4-3-5-12-22/h3-14H,15-19H2,1-2H3,(H,28,31). The summed E-state index contributed by atoms with van der Waals surface area (Å²) in [5.74, 6) is 1.80. The Morgan fingerprint density at radius 3 is 2.44 bits per heavy atom. The zero-order valence-electron chi connectivity index (χ0n) is 18.7. The molecule has 0 saturated heterocycles. The number of rotatable bonds is 9. The van der Waals surface area contributed by atoms with Gasteiger partial charge in [0.25, 0.3) is 0 Å². The van der Waals surface area contributed by atoms with Gasteiger partial charge in [-0.05, 0) is 49.1 Å². The number of nitrogens with zero attached hydrogens (tertiary/aromatic N) is 2. The average Bonchev–Trinajstić information content (AvgIpc) is 3.16. The lowest BCUT2D eigenvalue weighted by molar-refractivity contribution is -0.121. The first kappa shape index (κ1) is 21.6. The fraction of sp³-hybridized carbons (Fsp3) is 0.259. The van der Waals surface area contributed by atoms with Gasteiger partial charge in [-0.1, -0.05) is 60.7 Å². The molecule has 0 fully saturated rings. The van der Waals surface area contributed by atoms with E-state index in [4.69, 9.17) is 9.72 Å². The molecule has 3 aromatic carbocycles. The maximum atomic E-state index is 12.4. The first-order chi connectivity index (χ1) is 15.6. The van der Waals surface area contributed by atoms with Crippen molar-refractivity contribution in [3.8, 4) is 5.75 Å². The van der Waals surface area contributed by atoms with Crippen LogP contribution in [0, 0.1) is 13.8 Å². The molecule has 164 valence electrons. The molecule has 1 heterocycles. The zero-order chi connectivity index (χ0) is 22.3. The lowest BCUT2D eigenvalue weighted by Gasteiger charge is -2.14. The third-order valence-electron chi connectivity index (χ3n) is 5.63. The van der Waals surface area contributed by atoms with Gasteiger partial charge in [0, 0.05) is 6.42 Å². The molecular weight excluding hydrogens is 398 g/mol. The molecule has 0 aliphatic rings. The Morgan fingerprint density at radius 1 is 0.938 bits per heavy atom. The zero-order valence-corrected chi connectivity index (χ0v) is 18.7. The minimum absolute atomic E-state index is 0.0271. The topological polar surface area (TPSA) is 56.1 Å². The van der Waals surface area contributed by atoms with Crippen LogP contribution in [0.1, 0.15) is 28.9 Å². The van der Waals surface area contributed by atoms with Gasteiger partial charge in [0.15, 0.2) is 0 Å². The maximum absolute atomic E-state index is 12.4. The van der Waals surface area contributed by atoms with Gasteiger partial charge in [-0.15, -0.1) is 0 Å². The minimum Gasteiger partial charge on any atom is -0.491 e. The molecule has 0 spiro atoms. The molecule has 0 aliphatic heterocycles. The second kappa shape index (κ2) is 10.1. The molecule has 0 aliphatic carbocycles. The van der Waals surface area contributed by atoms with Crippen LogP contribution in [0.25, 0.3) is 11.0 Å². The van der Waals surface area contributed by atoms with Crippen LogP contribution < -0.4 is 10.1 Å². The van der Waals surface area contributed by atoms with E-state index in [0.29, 0.717) is 26.1 Å². The summed E-state index contributed by atoms with van der Waals surface area (Å²) in [5.41, 5.74) is 5.40. The van der Waals surface area contributed by atoms with Crippen LogP contribution in [-0.2, 0) is 24.3 Å². The van der Waals surface area contributed by atoms with Crippen LogP contribution in [0.2, 0.25) is 0 Å². The van der Waals surface area contributed by atoms with Crippen molar-refractivity contribution in [1.29, 1.82) is 0 Å². The molecule has 4 rings (SSSR count). The maximum Gasteiger partial charge on any atom is 0.220 e. The van der Waals surface area contributed by atoms with Gasteiger partial charge in [-0.3, -0.25) is 4.79 Å². The predicted octanol–water partition coefficient (Wildman–Crippen LogP) is 4.98. The predicted molar refractivity (Wildman–Crippen MR) is 128 cm³/mol. The summed E-state index contributed by atoms with van der Waals surface area (Å²) in [6.07, 6.45) is 1.19. The molecule has 5 nitrogen and oxygen atoms in total. The van der Waals surface area contributed by atoms with Crippen LogP contribution in [-0.4, -0.2) is 22.1 Å². The van der Waals surface area contributed by atoms with Gasteiger partial charge in [0.05, 0.1) is 24.1 Å². The lowest BCUT2D eigenvalue weighted by Crippen LogP contribution is -2.25.